The quantitative estimate of drug-likeness (QED) is 0.412. The lowest BCUT2D eigenvalue weighted by atomic mass is 9.97. The van der Waals surface area contributed by atoms with Crippen molar-refractivity contribution in [2.45, 2.75) is 50.1 Å². The molecule has 0 bridgehead atoms. The molecule has 0 spiro atoms. The van der Waals surface area contributed by atoms with E-state index < -0.39 is 39.4 Å². The summed E-state index contributed by atoms with van der Waals surface area (Å²) in [5.41, 5.74) is -0.287. The summed E-state index contributed by atoms with van der Waals surface area (Å²) in [6.07, 6.45) is -0.378. The topological polar surface area (TPSA) is 116 Å². The van der Waals surface area contributed by atoms with Crippen LogP contribution in [-0.2, 0) is 14.8 Å². The molecule has 2 rings (SSSR count). The Morgan fingerprint density at radius 1 is 1.09 bits per heavy atom. The molecule has 0 aliphatic rings. The van der Waals surface area contributed by atoms with Gasteiger partial charge in [0.2, 0.25) is 15.9 Å². The van der Waals surface area contributed by atoms with Crippen LogP contribution in [-0.4, -0.2) is 49.1 Å². The highest BCUT2D eigenvalue weighted by atomic mass is 35.5. The molecule has 3 N–H and O–H groups in total. The molecule has 186 valence electrons. The van der Waals surface area contributed by atoms with E-state index in [0.29, 0.717) is 18.4 Å². The molecule has 0 saturated carbocycles. The average molecular weight is 514 g/mol. The van der Waals surface area contributed by atoms with Crippen LogP contribution in [0.1, 0.15) is 45.2 Å². The number of hydrogen-bond acceptors (Lipinski definition) is 4. The number of carbonyl (C=O) groups excluding carboxylic acids is 1. The van der Waals surface area contributed by atoms with Gasteiger partial charge >= 0.3 is 6.09 Å². The Hall–Kier alpha value is -2.69. The van der Waals surface area contributed by atoms with Crippen LogP contribution in [0.3, 0.4) is 0 Å². The fraction of sp³-hybridized carbons (Fsp3) is 0.391. The SMILES string of the molecule is CC(C)(C)N(C(=O)O)[C@H](C(=O)NCCCCNS(=O)(=O)c1ccc(F)cc1Cl)c1ccccc1. The zero-order valence-corrected chi connectivity index (χ0v) is 20.8. The van der Waals surface area contributed by atoms with Gasteiger partial charge in [-0.25, -0.2) is 22.3 Å². The standard InChI is InChI=1S/C23H29ClFN3O5S/c1-23(2,3)28(22(30)31)20(16-9-5-4-6-10-16)21(29)26-13-7-8-14-27-34(32,33)19-12-11-17(25)15-18(19)24/h4-6,9-12,15,20,27H,7-8,13-14H2,1-3H3,(H,26,29)(H,30,31)/t20-/m0/s1. The number of benzene rings is 2. The maximum atomic E-state index is 13.1. The van der Waals surface area contributed by atoms with Gasteiger partial charge in [-0.15, -0.1) is 0 Å². The Labute approximate surface area is 204 Å². The molecule has 8 nitrogen and oxygen atoms in total. The van der Waals surface area contributed by atoms with Gasteiger partial charge in [-0.3, -0.25) is 9.69 Å². The number of rotatable bonds is 10. The van der Waals surface area contributed by atoms with Crippen LogP contribution in [0, 0.1) is 5.82 Å². The molecule has 2 aromatic carbocycles. The molecule has 0 aromatic heterocycles. The lowest BCUT2D eigenvalue weighted by Crippen LogP contribution is -2.52. The Balaban J connectivity index is 1.96. The highest BCUT2D eigenvalue weighted by molar-refractivity contribution is 7.89. The number of unbranched alkanes of at least 4 members (excludes halogenated alkanes) is 1. The van der Waals surface area contributed by atoms with E-state index in [1.165, 1.54) is 0 Å². The summed E-state index contributed by atoms with van der Waals surface area (Å²) in [6.45, 7) is 5.44. The predicted octanol–water partition coefficient (Wildman–Crippen LogP) is 4.17. The largest absolute Gasteiger partial charge is 0.465 e. The zero-order valence-electron chi connectivity index (χ0n) is 19.2. The molecule has 34 heavy (non-hydrogen) atoms. The van der Waals surface area contributed by atoms with Crippen molar-refractivity contribution >= 4 is 33.6 Å². The fourth-order valence-corrected chi connectivity index (χ4v) is 4.98. The second-order valence-electron chi connectivity index (χ2n) is 8.61. The lowest BCUT2D eigenvalue weighted by Gasteiger charge is -2.39. The minimum absolute atomic E-state index is 0.0806. The van der Waals surface area contributed by atoms with E-state index >= 15 is 0 Å². The zero-order chi connectivity index (χ0) is 25.5. The number of carboxylic acid groups (broad SMARTS) is 1. The molecule has 2 aromatic rings. The third-order valence-electron chi connectivity index (χ3n) is 4.93. The molecule has 1 atom stereocenters. The number of halogens is 2. The maximum absolute atomic E-state index is 13.1. The van der Waals surface area contributed by atoms with Gasteiger partial charge in [0.25, 0.3) is 0 Å². The highest BCUT2D eigenvalue weighted by Crippen LogP contribution is 2.29. The molecule has 0 aliphatic heterocycles. The van der Waals surface area contributed by atoms with Crippen LogP contribution in [0.15, 0.2) is 53.4 Å². The van der Waals surface area contributed by atoms with Gasteiger partial charge in [0.15, 0.2) is 0 Å². The van der Waals surface area contributed by atoms with Crippen molar-refractivity contribution in [1.82, 2.24) is 14.9 Å². The Bertz CT molecular complexity index is 1110. The minimum atomic E-state index is -3.91. The summed E-state index contributed by atoms with van der Waals surface area (Å²) >= 11 is 5.82. The van der Waals surface area contributed by atoms with E-state index in [1.807, 2.05) is 0 Å². The van der Waals surface area contributed by atoms with Crippen LogP contribution in [0.25, 0.3) is 0 Å². The summed E-state index contributed by atoms with van der Waals surface area (Å²) in [5.74, 6) is -1.11. The Kier molecular flexibility index (Phi) is 9.43. The van der Waals surface area contributed by atoms with Crippen molar-refractivity contribution in [3.63, 3.8) is 0 Å². The van der Waals surface area contributed by atoms with Crippen molar-refractivity contribution in [3.05, 3.63) is 64.9 Å². The van der Waals surface area contributed by atoms with E-state index in [1.54, 1.807) is 51.1 Å². The number of hydrogen-bond donors (Lipinski definition) is 3. The molecule has 2 amide bonds. The molecule has 11 heteroatoms. The molecule has 0 radical (unpaired) electrons. The van der Waals surface area contributed by atoms with Crippen molar-refractivity contribution in [1.29, 1.82) is 0 Å². The van der Waals surface area contributed by atoms with E-state index in [2.05, 4.69) is 10.0 Å². The average Bonchev–Trinajstić information content (AvgIpc) is 2.73. The first-order valence-electron chi connectivity index (χ1n) is 10.6. The monoisotopic (exact) mass is 513 g/mol. The number of carbonyl (C=O) groups is 2. The molecule has 0 heterocycles. The molecule has 0 unspecified atom stereocenters. The summed E-state index contributed by atoms with van der Waals surface area (Å²) in [7, 11) is -3.91. The second-order valence-corrected chi connectivity index (χ2v) is 10.7. The summed E-state index contributed by atoms with van der Waals surface area (Å²) in [5, 5.41) is 12.3. The first kappa shape index (κ1) is 27.6. The lowest BCUT2D eigenvalue weighted by molar-refractivity contribution is -0.127. The van der Waals surface area contributed by atoms with E-state index in [0.717, 1.165) is 23.1 Å². The maximum Gasteiger partial charge on any atom is 0.408 e. The highest BCUT2D eigenvalue weighted by Gasteiger charge is 2.38. The van der Waals surface area contributed by atoms with Crippen molar-refractivity contribution < 1.29 is 27.5 Å². The van der Waals surface area contributed by atoms with Crippen molar-refractivity contribution in [2.75, 3.05) is 13.1 Å². The molecule has 0 aliphatic carbocycles. The van der Waals surface area contributed by atoms with Crippen molar-refractivity contribution in [2.24, 2.45) is 0 Å². The van der Waals surface area contributed by atoms with Crippen LogP contribution in [0.2, 0.25) is 5.02 Å². The first-order valence-corrected chi connectivity index (χ1v) is 12.5. The number of amides is 2. The number of sulfonamides is 1. The first-order chi connectivity index (χ1) is 15.8. The van der Waals surface area contributed by atoms with E-state index in [4.69, 9.17) is 11.6 Å². The molecule has 0 fully saturated rings. The summed E-state index contributed by atoms with van der Waals surface area (Å²) in [6, 6.07) is 10.6. The van der Waals surface area contributed by atoms with Gasteiger partial charge in [-0.05, 0) is 57.4 Å². The fourth-order valence-electron chi connectivity index (χ4n) is 3.37. The van der Waals surface area contributed by atoms with Gasteiger partial charge in [0.05, 0.1) is 5.02 Å². The molecule has 0 saturated heterocycles. The summed E-state index contributed by atoms with van der Waals surface area (Å²) < 4.78 is 40.2. The second kappa shape index (κ2) is 11.6. The third-order valence-corrected chi connectivity index (χ3v) is 6.87. The van der Waals surface area contributed by atoms with Crippen LogP contribution >= 0.6 is 11.6 Å². The predicted molar refractivity (Wildman–Crippen MR) is 128 cm³/mol. The van der Waals surface area contributed by atoms with Gasteiger partial charge in [0.1, 0.15) is 16.8 Å². The number of nitrogens with zero attached hydrogens (tertiary/aromatic N) is 1. The number of nitrogens with one attached hydrogen (secondary N) is 2. The van der Waals surface area contributed by atoms with Gasteiger partial charge < -0.3 is 10.4 Å². The smallest absolute Gasteiger partial charge is 0.408 e. The Morgan fingerprint density at radius 3 is 2.26 bits per heavy atom. The van der Waals surface area contributed by atoms with E-state index in [-0.39, 0.29) is 23.0 Å². The van der Waals surface area contributed by atoms with Crippen LogP contribution in [0.5, 0.6) is 0 Å². The van der Waals surface area contributed by atoms with Crippen molar-refractivity contribution in [3.8, 4) is 0 Å². The normalized spacial score (nSPS) is 12.7. The molecular weight excluding hydrogens is 485 g/mol. The summed E-state index contributed by atoms with van der Waals surface area (Å²) in [4.78, 5) is 25.9. The van der Waals surface area contributed by atoms with Crippen LogP contribution in [0.4, 0.5) is 9.18 Å². The third kappa shape index (κ3) is 7.41. The van der Waals surface area contributed by atoms with Gasteiger partial charge in [-0.2, -0.15) is 0 Å². The van der Waals surface area contributed by atoms with Gasteiger partial charge in [-0.1, -0.05) is 41.9 Å². The minimum Gasteiger partial charge on any atom is -0.465 e. The van der Waals surface area contributed by atoms with E-state index in [9.17, 15) is 27.5 Å². The molecular formula is C23H29ClFN3O5S. The van der Waals surface area contributed by atoms with Gasteiger partial charge in [0, 0.05) is 18.6 Å². The Morgan fingerprint density at radius 2 is 1.71 bits per heavy atom. The van der Waals surface area contributed by atoms with Crippen LogP contribution < -0.4 is 10.0 Å².